The summed E-state index contributed by atoms with van der Waals surface area (Å²) in [5.41, 5.74) is 0.214. The fraction of sp³-hybridized carbons (Fsp3) is 0.545. The van der Waals surface area contributed by atoms with E-state index in [1.807, 2.05) is 0 Å². The molecule has 0 fully saturated rings. The Morgan fingerprint density at radius 3 is 2.56 bits per heavy atom. The van der Waals surface area contributed by atoms with Crippen molar-refractivity contribution in [3.8, 4) is 0 Å². The normalized spacial score (nSPS) is 12.4. The standard InChI is InChI=1S/C11H18N2O4S/c1-11(2,3)13-18(15,16)7-8-5-9(12-6-8)10(14)17-4/h5-6,12-13H,7H2,1-4H3. The molecule has 0 spiro atoms. The molecule has 0 atom stereocenters. The molecule has 1 aromatic heterocycles. The lowest BCUT2D eigenvalue weighted by molar-refractivity contribution is 0.0595. The number of esters is 1. The lowest BCUT2D eigenvalue weighted by Crippen LogP contribution is -2.41. The van der Waals surface area contributed by atoms with Crippen molar-refractivity contribution in [2.75, 3.05) is 7.11 Å². The third-order valence-electron chi connectivity index (χ3n) is 1.97. The van der Waals surface area contributed by atoms with Gasteiger partial charge in [0, 0.05) is 11.7 Å². The zero-order valence-electron chi connectivity index (χ0n) is 10.9. The molecule has 0 saturated carbocycles. The number of ether oxygens (including phenoxy) is 1. The van der Waals surface area contributed by atoms with E-state index in [1.165, 1.54) is 19.4 Å². The second kappa shape index (κ2) is 5.11. The van der Waals surface area contributed by atoms with E-state index in [0.29, 0.717) is 5.56 Å². The third kappa shape index (κ3) is 4.50. The van der Waals surface area contributed by atoms with Gasteiger partial charge in [0.1, 0.15) is 5.69 Å². The number of carbonyl (C=O) groups excluding carboxylic acids is 1. The van der Waals surface area contributed by atoms with Crippen LogP contribution >= 0.6 is 0 Å². The van der Waals surface area contributed by atoms with Gasteiger partial charge in [-0.3, -0.25) is 0 Å². The van der Waals surface area contributed by atoms with Crippen LogP contribution in [0.3, 0.4) is 0 Å². The van der Waals surface area contributed by atoms with E-state index < -0.39 is 21.5 Å². The van der Waals surface area contributed by atoms with Crippen LogP contribution in [0.5, 0.6) is 0 Å². The predicted octanol–water partition coefficient (Wildman–Crippen LogP) is 1.02. The van der Waals surface area contributed by atoms with Crippen molar-refractivity contribution in [2.24, 2.45) is 0 Å². The Labute approximate surface area is 107 Å². The van der Waals surface area contributed by atoms with Gasteiger partial charge in [-0.25, -0.2) is 17.9 Å². The molecule has 1 heterocycles. The molecule has 18 heavy (non-hydrogen) atoms. The maximum Gasteiger partial charge on any atom is 0.354 e. The molecule has 7 heteroatoms. The Morgan fingerprint density at radius 1 is 1.44 bits per heavy atom. The van der Waals surface area contributed by atoms with Crippen LogP contribution in [-0.2, 0) is 20.5 Å². The van der Waals surface area contributed by atoms with Gasteiger partial charge in [-0.05, 0) is 32.4 Å². The van der Waals surface area contributed by atoms with E-state index in [9.17, 15) is 13.2 Å². The summed E-state index contributed by atoms with van der Waals surface area (Å²) in [4.78, 5) is 13.9. The zero-order valence-corrected chi connectivity index (χ0v) is 11.7. The number of nitrogens with one attached hydrogen (secondary N) is 2. The van der Waals surface area contributed by atoms with Crippen molar-refractivity contribution in [1.29, 1.82) is 0 Å². The largest absolute Gasteiger partial charge is 0.464 e. The molecule has 0 aliphatic rings. The summed E-state index contributed by atoms with van der Waals surface area (Å²) in [6, 6.07) is 1.47. The quantitative estimate of drug-likeness (QED) is 0.802. The smallest absolute Gasteiger partial charge is 0.354 e. The van der Waals surface area contributed by atoms with E-state index in [2.05, 4.69) is 14.4 Å². The maximum atomic E-state index is 11.8. The number of aromatic nitrogens is 1. The van der Waals surface area contributed by atoms with Gasteiger partial charge in [-0.2, -0.15) is 0 Å². The molecule has 6 nitrogen and oxygen atoms in total. The molecule has 2 N–H and O–H groups in total. The summed E-state index contributed by atoms with van der Waals surface area (Å²) < 4.78 is 30.7. The fourth-order valence-corrected chi connectivity index (χ4v) is 3.08. The van der Waals surface area contributed by atoms with Crippen molar-refractivity contribution >= 4 is 16.0 Å². The molecular weight excluding hydrogens is 256 g/mol. The molecule has 1 aromatic rings. The number of hydrogen-bond acceptors (Lipinski definition) is 4. The van der Waals surface area contributed by atoms with Crippen LogP contribution in [0.25, 0.3) is 0 Å². The number of methoxy groups -OCH3 is 1. The Hall–Kier alpha value is -1.34. The van der Waals surface area contributed by atoms with Gasteiger partial charge in [-0.1, -0.05) is 0 Å². The topological polar surface area (TPSA) is 88.3 Å². The van der Waals surface area contributed by atoms with Crippen molar-refractivity contribution in [3.63, 3.8) is 0 Å². The second-order valence-electron chi connectivity index (χ2n) is 5.02. The predicted molar refractivity (Wildman–Crippen MR) is 67.6 cm³/mol. The van der Waals surface area contributed by atoms with E-state index in [1.54, 1.807) is 20.8 Å². The van der Waals surface area contributed by atoms with Gasteiger partial charge in [0.2, 0.25) is 10.0 Å². The van der Waals surface area contributed by atoms with Gasteiger partial charge < -0.3 is 9.72 Å². The average Bonchev–Trinajstić information content (AvgIpc) is 2.60. The Kier molecular flexibility index (Phi) is 4.18. The average molecular weight is 274 g/mol. The van der Waals surface area contributed by atoms with Crippen LogP contribution < -0.4 is 4.72 Å². The fourth-order valence-electron chi connectivity index (χ4n) is 1.47. The summed E-state index contributed by atoms with van der Waals surface area (Å²) in [5, 5.41) is 0. The molecule has 1 rings (SSSR count). The van der Waals surface area contributed by atoms with E-state index in [-0.39, 0.29) is 11.4 Å². The lowest BCUT2D eigenvalue weighted by atomic mass is 10.1. The SMILES string of the molecule is COC(=O)c1cc(CS(=O)(=O)NC(C)(C)C)c[nH]1. The van der Waals surface area contributed by atoms with E-state index in [0.717, 1.165) is 0 Å². The van der Waals surface area contributed by atoms with Crippen LogP contribution in [0.15, 0.2) is 12.3 Å². The minimum atomic E-state index is -3.43. The summed E-state index contributed by atoms with van der Waals surface area (Å²) in [6.07, 6.45) is 1.48. The molecule has 102 valence electrons. The van der Waals surface area contributed by atoms with Gasteiger partial charge in [-0.15, -0.1) is 0 Å². The number of H-pyrrole nitrogens is 1. The molecule has 0 radical (unpaired) electrons. The van der Waals surface area contributed by atoms with Crippen molar-refractivity contribution in [1.82, 2.24) is 9.71 Å². The van der Waals surface area contributed by atoms with Crippen LogP contribution in [0.1, 0.15) is 36.8 Å². The van der Waals surface area contributed by atoms with Gasteiger partial charge in [0.15, 0.2) is 0 Å². The Morgan fingerprint density at radius 2 is 2.06 bits per heavy atom. The molecule has 0 aromatic carbocycles. The summed E-state index contributed by atoms with van der Waals surface area (Å²) in [5.74, 6) is -0.708. The van der Waals surface area contributed by atoms with Gasteiger partial charge in [0.05, 0.1) is 12.9 Å². The van der Waals surface area contributed by atoms with E-state index in [4.69, 9.17) is 0 Å². The number of sulfonamides is 1. The monoisotopic (exact) mass is 274 g/mol. The Balaban J connectivity index is 2.79. The van der Waals surface area contributed by atoms with Gasteiger partial charge in [0.25, 0.3) is 0 Å². The van der Waals surface area contributed by atoms with Crippen LogP contribution in [0.4, 0.5) is 0 Å². The highest BCUT2D eigenvalue weighted by Gasteiger charge is 2.21. The Bertz CT molecular complexity index is 525. The molecule has 0 amide bonds. The van der Waals surface area contributed by atoms with E-state index >= 15 is 0 Å². The molecule has 0 bridgehead atoms. The minimum absolute atomic E-state index is 0.183. The highest BCUT2D eigenvalue weighted by molar-refractivity contribution is 7.88. The van der Waals surface area contributed by atoms with Crippen molar-refractivity contribution in [3.05, 3.63) is 23.5 Å². The molecule has 0 saturated heterocycles. The first-order valence-corrected chi connectivity index (χ1v) is 7.05. The first-order chi connectivity index (χ1) is 8.13. The van der Waals surface area contributed by atoms with Gasteiger partial charge >= 0.3 is 5.97 Å². The third-order valence-corrected chi connectivity index (χ3v) is 3.60. The van der Waals surface area contributed by atoms with Crippen molar-refractivity contribution in [2.45, 2.75) is 32.1 Å². The number of aromatic amines is 1. The second-order valence-corrected chi connectivity index (χ2v) is 6.75. The molecule has 0 unspecified atom stereocenters. The minimum Gasteiger partial charge on any atom is -0.464 e. The number of carbonyl (C=O) groups is 1. The molecule has 0 aliphatic carbocycles. The first-order valence-electron chi connectivity index (χ1n) is 5.40. The molecule has 0 aliphatic heterocycles. The number of rotatable bonds is 4. The first kappa shape index (κ1) is 14.7. The lowest BCUT2D eigenvalue weighted by Gasteiger charge is -2.19. The molecular formula is C11H18N2O4S. The highest BCUT2D eigenvalue weighted by atomic mass is 32.2. The van der Waals surface area contributed by atoms with Crippen LogP contribution in [-0.4, -0.2) is 32.0 Å². The summed E-state index contributed by atoms with van der Waals surface area (Å²) >= 11 is 0. The van der Waals surface area contributed by atoms with Crippen LogP contribution in [0.2, 0.25) is 0 Å². The summed E-state index contributed by atoms with van der Waals surface area (Å²) in [7, 11) is -2.17. The number of hydrogen-bond donors (Lipinski definition) is 2. The summed E-state index contributed by atoms with van der Waals surface area (Å²) in [6.45, 7) is 5.30. The van der Waals surface area contributed by atoms with Crippen molar-refractivity contribution < 1.29 is 17.9 Å². The van der Waals surface area contributed by atoms with Crippen LogP contribution in [0, 0.1) is 0 Å². The maximum absolute atomic E-state index is 11.8. The zero-order chi connectivity index (χ0) is 14.0. The highest BCUT2D eigenvalue weighted by Crippen LogP contribution is 2.11.